The predicted octanol–water partition coefficient (Wildman–Crippen LogP) is 5.60. The van der Waals surface area contributed by atoms with E-state index in [1.54, 1.807) is 0 Å². The fourth-order valence-electron chi connectivity index (χ4n) is 3.54. The minimum absolute atomic E-state index is 0.0636. The first-order valence-electron chi connectivity index (χ1n) is 10.1. The number of carbonyl (C=O) groups is 1. The van der Waals surface area contributed by atoms with Crippen molar-refractivity contribution in [2.75, 3.05) is 0 Å². The molecule has 1 aromatic carbocycles. The van der Waals surface area contributed by atoms with Crippen molar-refractivity contribution in [2.24, 2.45) is 10.9 Å². The SMILES string of the molecule is Cc1ccc(N=C2[Se]/C(=C/I)C[C@@H]3[C@@H]([C@@H](C)O[Si](C)(C)C(C)(C)C)C(=O)N23)cc1. The van der Waals surface area contributed by atoms with Gasteiger partial charge in [0.05, 0.1) is 0 Å². The Morgan fingerprint density at radius 2 is 1.93 bits per heavy atom. The fourth-order valence-corrected chi connectivity index (χ4v) is 8.00. The molecular weight excluding hydrogens is 558 g/mol. The van der Waals surface area contributed by atoms with Gasteiger partial charge < -0.3 is 0 Å². The first-order valence-corrected chi connectivity index (χ1v) is 15.9. The van der Waals surface area contributed by atoms with Crippen LogP contribution in [0.1, 0.15) is 39.7 Å². The van der Waals surface area contributed by atoms with Crippen molar-refractivity contribution in [3.05, 3.63) is 38.4 Å². The summed E-state index contributed by atoms with van der Waals surface area (Å²) in [4.78, 5) is 20.0. The average molecular weight is 589 g/mol. The Morgan fingerprint density at radius 1 is 1.31 bits per heavy atom. The number of rotatable bonds is 4. The Morgan fingerprint density at radius 3 is 2.48 bits per heavy atom. The van der Waals surface area contributed by atoms with Crippen molar-refractivity contribution < 1.29 is 9.22 Å². The molecule has 1 amide bonds. The Kier molecular flexibility index (Phi) is 6.86. The number of amides is 1. The molecule has 1 aromatic rings. The van der Waals surface area contributed by atoms with E-state index in [1.165, 1.54) is 10.0 Å². The van der Waals surface area contributed by atoms with Crippen LogP contribution in [0.15, 0.2) is 37.8 Å². The van der Waals surface area contributed by atoms with Gasteiger partial charge in [-0.1, -0.05) is 0 Å². The van der Waals surface area contributed by atoms with Gasteiger partial charge in [0.1, 0.15) is 0 Å². The maximum absolute atomic E-state index is 13.2. The van der Waals surface area contributed by atoms with Crippen LogP contribution in [0.5, 0.6) is 0 Å². The van der Waals surface area contributed by atoms with E-state index in [0.29, 0.717) is 0 Å². The van der Waals surface area contributed by atoms with Crippen LogP contribution >= 0.6 is 22.6 Å². The van der Waals surface area contributed by atoms with Gasteiger partial charge in [0.25, 0.3) is 0 Å². The monoisotopic (exact) mass is 590 g/mol. The number of amidine groups is 1. The van der Waals surface area contributed by atoms with Crippen molar-refractivity contribution in [1.29, 1.82) is 0 Å². The van der Waals surface area contributed by atoms with Gasteiger partial charge >= 0.3 is 197 Å². The molecular formula is C22H31IN2O2SeSi. The first-order chi connectivity index (χ1) is 13.4. The number of carbonyl (C=O) groups excluding carboxylic acids is 1. The second kappa shape index (κ2) is 8.58. The van der Waals surface area contributed by atoms with Crippen molar-refractivity contribution in [3.63, 3.8) is 0 Å². The summed E-state index contributed by atoms with van der Waals surface area (Å²) in [6.45, 7) is 15.4. The summed E-state index contributed by atoms with van der Waals surface area (Å²) in [6, 6.07) is 8.36. The van der Waals surface area contributed by atoms with E-state index in [-0.39, 0.29) is 44.0 Å². The molecule has 4 nitrogen and oxygen atoms in total. The van der Waals surface area contributed by atoms with Gasteiger partial charge in [-0.2, -0.15) is 0 Å². The van der Waals surface area contributed by atoms with Gasteiger partial charge in [0.15, 0.2) is 0 Å². The second-order valence-corrected chi connectivity index (χ2v) is 17.2. The standard InChI is InChI=1S/C22H31IN2O2SeSi/c1-14-8-10-16(11-9-14)24-21-25-18(12-17(13-23)28-21)19(20(25)26)15(2)27-29(6,7)22(3,4)5/h8-11,13,15,18-19H,12H2,1-7H3/b17-13+,24-21?/t15-,18-,19-/m1/s1. The summed E-state index contributed by atoms with van der Waals surface area (Å²) in [7, 11) is -1.92. The first kappa shape index (κ1) is 23.2. The van der Waals surface area contributed by atoms with E-state index >= 15 is 0 Å². The Balaban J connectivity index is 1.84. The zero-order valence-corrected chi connectivity index (χ0v) is 23.2. The fraction of sp³-hybridized carbons (Fsp3) is 0.545. The van der Waals surface area contributed by atoms with Crippen LogP contribution in [-0.4, -0.2) is 51.0 Å². The zero-order chi connectivity index (χ0) is 21.6. The molecule has 2 heterocycles. The number of hydrogen-bond donors (Lipinski definition) is 0. The van der Waals surface area contributed by atoms with Gasteiger partial charge in [-0.05, 0) is 0 Å². The molecule has 0 N–H and O–H groups in total. The van der Waals surface area contributed by atoms with Crippen molar-refractivity contribution in [2.45, 2.75) is 71.3 Å². The maximum atomic E-state index is 13.2. The molecule has 0 radical (unpaired) electrons. The molecule has 0 spiro atoms. The van der Waals surface area contributed by atoms with Gasteiger partial charge in [0.2, 0.25) is 0 Å². The predicted molar refractivity (Wildman–Crippen MR) is 133 cm³/mol. The third-order valence-electron chi connectivity index (χ3n) is 6.28. The van der Waals surface area contributed by atoms with Gasteiger partial charge in [-0.15, -0.1) is 0 Å². The number of fused-ring (bicyclic) bond motifs is 1. The summed E-state index contributed by atoms with van der Waals surface area (Å²) in [5.41, 5.74) is 2.13. The summed E-state index contributed by atoms with van der Waals surface area (Å²) in [5, 5.41) is 0.134. The summed E-state index contributed by atoms with van der Waals surface area (Å²) in [6.07, 6.45) is 0.878. The molecule has 0 unspecified atom stereocenters. The molecule has 2 aliphatic heterocycles. The summed E-state index contributed by atoms with van der Waals surface area (Å²) in [5.74, 6) is 0.108. The number of β-lactam (4-membered cyclic amide) rings is 1. The molecule has 2 saturated heterocycles. The number of nitrogens with zero attached hydrogens (tertiary/aromatic N) is 2. The van der Waals surface area contributed by atoms with Gasteiger partial charge in [-0.3, -0.25) is 0 Å². The molecule has 7 heteroatoms. The minimum atomic E-state index is -1.92. The van der Waals surface area contributed by atoms with Crippen molar-refractivity contribution >= 4 is 62.2 Å². The molecule has 2 fully saturated rings. The Bertz CT molecular complexity index is 845. The van der Waals surface area contributed by atoms with E-state index in [0.717, 1.165) is 16.8 Å². The van der Waals surface area contributed by atoms with E-state index in [1.807, 2.05) is 17.0 Å². The molecule has 3 rings (SSSR count). The third kappa shape index (κ3) is 4.74. The molecule has 0 bridgehead atoms. The molecule has 158 valence electrons. The normalized spacial score (nSPS) is 26.5. The topological polar surface area (TPSA) is 41.9 Å². The zero-order valence-electron chi connectivity index (χ0n) is 18.3. The summed E-state index contributed by atoms with van der Waals surface area (Å²) < 4.78 is 11.1. The number of benzene rings is 1. The molecule has 0 aliphatic carbocycles. The molecule has 0 saturated carbocycles. The molecule has 3 atom stereocenters. The number of aryl methyl sites for hydroxylation is 1. The second-order valence-electron chi connectivity index (χ2n) is 9.50. The van der Waals surface area contributed by atoms with Crippen LogP contribution in [0.4, 0.5) is 5.69 Å². The van der Waals surface area contributed by atoms with Crippen molar-refractivity contribution in [3.8, 4) is 0 Å². The van der Waals surface area contributed by atoms with Crippen LogP contribution in [0.3, 0.4) is 0 Å². The van der Waals surface area contributed by atoms with Crippen LogP contribution in [0, 0.1) is 12.8 Å². The molecule has 0 aromatic heterocycles. The molecule has 29 heavy (non-hydrogen) atoms. The molecule has 2 aliphatic rings. The Labute approximate surface area is 196 Å². The quantitative estimate of drug-likeness (QED) is 0.261. The third-order valence-corrected chi connectivity index (χ3v) is 14.7. The van der Waals surface area contributed by atoms with Crippen LogP contribution in [0.25, 0.3) is 0 Å². The van der Waals surface area contributed by atoms with E-state index in [2.05, 4.69) is 86.5 Å². The van der Waals surface area contributed by atoms with Crippen LogP contribution in [0.2, 0.25) is 18.1 Å². The average Bonchev–Trinajstić information content (AvgIpc) is 2.61. The van der Waals surface area contributed by atoms with E-state index in [9.17, 15) is 4.79 Å². The number of halogens is 1. The van der Waals surface area contributed by atoms with E-state index < -0.39 is 8.32 Å². The van der Waals surface area contributed by atoms with Gasteiger partial charge in [-0.25, -0.2) is 0 Å². The number of hydrogen-bond acceptors (Lipinski definition) is 3. The van der Waals surface area contributed by atoms with Crippen molar-refractivity contribution in [1.82, 2.24) is 4.90 Å². The van der Waals surface area contributed by atoms with Crippen LogP contribution < -0.4 is 0 Å². The van der Waals surface area contributed by atoms with Gasteiger partial charge in [0, 0.05) is 0 Å². The number of aliphatic imine (C=N–C) groups is 1. The van der Waals surface area contributed by atoms with Crippen LogP contribution in [-0.2, 0) is 9.22 Å². The Hall–Kier alpha value is -0.474. The van der Waals surface area contributed by atoms with E-state index in [4.69, 9.17) is 9.42 Å². The summed E-state index contributed by atoms with van der Waals surface area (Å²) >= 11 is 2.42.